The molecule has 0 aliphatic carbocycles. The second-order valence-electron chi connectivity index (χ2n) is 10.2. The lowest BCUT2D eigenvalue weighted by Gasteiger charge is -2.27. The van der Waals surface area contributed by atoms with Crippen molar-refractivity contribution in [1.82, 2.24) is 9.13 Å². The van der Waals surface area contributed by atoms with Crippen LogP contribution in [0.4, 0.5) is 0 Å². The highest BCUT2D eigenvalue weighted by Crippen LogP contribution is 2.38. The molecule has 10 heteroatoms. The Kier molecular flexibility index (Phi) is 9.08. The van der Waals surface area contributed by atoms with E-state index in [1.807, 2.05) is 39.0 Å². The number of rotatable bonds is 9. The van der Waals surface area contributed by atoms with Gasteiger partial charge in [-0.25, -0.2) is 9.79 Å². The smallest absolute Gasteiger partial charge is 0.338 e. The highest BCUT2D eigenvalue weighted by atomic mass is 79.9. The summed E-state index contributed by atoms with van der Waals surface area (Å²) in [6.07, 6.45) is 3.23. The predicted molar refractivity (Wildman–Crippen MR) is 172 cm³/mol. The standard InChI is InChI=1S/C33H34BrN3O5S/c1-7-9-26-29(32(39)42-8-2)30(25-18-24(40-5)14-15-27(25)41-6)37-31(38)28(43-33(37)35-26)17-21-16-19(3)36(20(21)4)23-12-10-22(34)11-13-23/h10-18,30H,7-9H2,1-6H3/b28-17-/t30-/m1/s1. The van der Waals surface area contributed by atoms with Gasteiger partial charge in [0.15, 0.2) is 4.80 Å². The molecule has 0 bridgehead atoms. The van der Waals surface area contributed by atoms with E-state index in [0.717, 1.165) is 33.5 Å². The van der Waals surface area contributed by atoms with Crippen molar-refractivity contribution in [1.29, 1.82) is 0 Å². The van der Waals surface area contributed by atoms with Crippen molar-refractivity contribution in [3.05, 3.63) is 106 Å². The lowest BCUT2D eigenvalue weighted by molar-refractivity contribution is -0.139. The van der Waals surface area contributed by atoms with E-state index in [2.05, 4.69) is 38.7 Å². The number of methoxy groups -OCH3 is 2. The molecule has 1 atom stereocenters. The highest BCUT2D eigenvalue weighted by molar-refractivity contribution is 9.10. The first kappa shape index (κ1) is 30.6. The van der Waals surface area contributed by atoms with E-state index in [1.165, 1.54) is 11.3 Å². The Balaban J connectivity index is 1.76. The third-order valence-corrected chi connectivity index (χ3v) is 8.98. The number of aromatic nitrogens is 2. The van der Waals surface area contributed by atoms with Crippen LogP contribution in [0.3, 0.4) is 0 Å². The molecule has 5 rings (SSSR count). The minimum atomic E-state index is -0.806. The SMILES string of the molecule is CCCC1=C(C(=O)OCC)[C@@H](c2cc(OC)ccc2OC)n2c(s/c(=C\c3cc(C)n(-c4ccc(Br)cc4)c3C)c2=O)=N1. The fraction of sp³-hybridized carbons (Fsp3) is 0.303. The minimum Gasteiger partial charge on any atom is -0.497 e. The molecular weight excluding hydrogens is 630 g/mol. The summed E-state index contributed by atoms with van der Waals surface area (Å²) < 4.78 is 22.1. The number of nitrogens with zero attached hydrogens (tertiary/aromatic N) is 3. The second-order valence-corrected chi connectivity index (χ2v) is 12.1. The maximum atomic E-state index is 14.3. The Morgan fingerprint density at radius 3 is 2.47 bits per heavy atom. The van der Waals surface area contributed by atoms with Gasteiger partial charge in [-0.2, -0.15) is 0 Å². The molecule has 0 amide bonds. The van der Waals surface area contributed by atoms with Crippen LogP contribution in [0.25, 0.3) is 11.8 Å². The van der Waals surface area contributed by atoms with Crippen LogP contribution in [-0.4, -0.2) is 35.9 Å². The normalized spacial score (nSPS) is 14.9. The molecule has 0 radical (unpaired) electrons. The molecule has 0 spiro atoms. The molecule has 2 aromatic carbocycles. The van der Waals surface area contributed by atoms with Gasteiger partial charge in [-0.1, -0.05) is 40.6 Å². The maximum Gasteiger partial charge on any atom is 0.338 e. The van der Waals surface area contributed by atoms with Crippen molar-refractivity contribution < 1.29 is 19.0 Å². The summed E-state index contributed by atoms with van der Waals surface area (Å²) in [7, 11) is 3.14. The van der Waals surface area contributed by atoms with Gasteiger partial charge in [0.2, 0.25) is 0 Å². The predicted octanol–water partition coefficient (Wildman–Crippen LogP) is 5.77. The average Bonchev–Trinajstić information content (AvgIpc) is 3.46. The van der Waals surface area contributed by atoms with Gasteiger partial charge in [-0.05, 0) is 87.4 Å². The molecule has 43 heavy (non-hydrogen) atoms. The third kappa shape index (κ3) is 5.73. The third-order valence-electron chi connectivity index (χ3n) is 7.47. The van der Waals surface area contributed by atoms with E-state index in [9.17, 15) is 9.59 Å². The van der Waals surface area contributed by atoms with Crippen molar-refractivity contribution in [3.63, 3.8) is 0 Å². The number of halogens is 1. The quantitative estimate of drug-likeness (QED) is 0.213. The van der Waals surface area contributed by atoms with E-state index in [4.69, 9.17) is 19.2 Å². The zero-order valence-electron chi connectivity index (χ0n) is 25.1. The molecule has 3 heterocycles. The molecule has 1 aliphatic rings. The van der Waals surface area contributed by atoms with Crippen molar-refractivity contribution in [2.45, 2.75) is 46.6 Å². The largest absolute Gasteiger partial charge is 0.497 e. The molecule has 0 N–H and O–H groups in total. The zero-order valence-corrected chi connectivity index (χ0v) is 27.5. The Morgan fingerprint density at radius 2 is 1.81 bits per heavy atom. The first-order chi connectivity index (χ1) is 20.7. The summed E-state index contributed by atoms with van der Waals surface area (Å²) in [6.45, 7) is 8.08. The van der Waals surface area contributed by atoms with Crippen LogP contribution in [0.5, 0.6) is 11.5 Å². The fourth-order valence-corrected chi connectivity index (χ4v) is 6.81. The summed E-state index contributed by atoms with van der Waals surface area (Å²) in [5.41, 5.74) is 5.34. The first-order valence-corrected chi connectivity index (χ1v) is 15.7. The monoisotopic (exact) mass is 663 g/mol. The molecule has 2 aromatic heterocycles. The van der Waals surface area contributed by atoms with Crippen LogP contribution in [-0.2, 0) is 9.53 Å². The fourth-order valence-electron chi connectivity index (χ4n) is 5.53. The molecule has 0 saturated carbocycles. The number of thiazole rings is 1. The summed E-state index contributed by atoms with van der Waals surface area (Å²) in [4.78, 5) is 33.2. The lowest BCUT2D eigenvalue weighted by Crippen LogP contribution is -2.40. The van der Waals surface area contributed by atoms with Crippen LogP contribution in [0, 0.1) is 13.8 Å². The molecule has 0 saturated heterocycles. The van der Waals surface area contributed by atoms with Crippen molar-refractivity contribution in [2.75, 3.05) is 20.8 Å². The second kappa shape index (κ2) is 12.8. The Bertz CT molecular complexity index is 1900. The van der Waals surface area contributed by atoms with Crippen LogP contribution in [0.2, 0.25) is 0 Å². The molecule has 4 aromatic rings. The molecule has 224 valence electrons. The maximum absolute atomic E-state index is 14.3. The van der Waals surface area contributed by atoms with Crippen molar-refractivity contribution >= 4 is 39.3 Å². The summed E-state index contributed by atoms with van der Waals surface area (Å²) in [6, 6.07) is 14.8. The number of fused-ring (bicyclic) bond motifs is 1. The number of carbonyl (C=O) groups is 1. The van der Waals surface area contributed by atoms with Crippen LogP contribution < -0.4 is 24.4 Å². The molecule has 1 aliphatic heterocycles. The lowest BCUT2D eigenvalue weighted by atomic mass is 9.93. The molecule has 8 nitrogen and oxygen atoms in total. The number of carbonyl (C=O) groups excluding carboxylic acids is 1. The Morgan fingerprint density at radius 1 is 1.07 bits per heavy atom. The number of ether oxygens (including phenoxy) is 3. The van der Waals surface area contributed by atoms with Crippen LogP contribution >= 0.6 is 27.3 Å². The number of aryl methyl sites for hydroxylation is 1. The van der Waals surface area contributed by atoms with Crippen LogP contribution in [0.15, 0.2) is 74.1 Å². The zero-order chi connectivity index (χ0) is 30.8. The summed E-state index contributed by atoms with van der Waals surface area (Å²) in [5, 5.41) is 0. The summed E-state index contributed by atoms with van der Waals surface area (Å²) >= 11 is 4.82. The number of hydrogen-bond acceptors (Lipinski definition) is 7. The van der Waals surface area contributed by atoms with E-state index in [1.54, 1.807) is 43.9 Å². The Labute approximate surface area is 262 Å². The molecule has 0 unspecified atom stereocenters. The van der Waals surface area contributed by atoms with Gasteiger partial charge >= 0.3 is 5.97 Å². The summed E-state index contributed by atoms with van der Waals surface area (Å²) in [5.74, 6) is 0.602. The number of esters is 1. The van der Waals surface area contributed by atoms with Gasteiger partial charge in [0.25, 0.3) is 5.56 Å². The van der Waals surface area contributed by atoms with E-state index < -0.39 is 12.0 Å². The van der Waals surface area contributed by atoms with Gasteiger partial charge in [0, 0.05) is 27.1 Å². The van der Waals surface area contributed by atoms with Crippen molar-refractivity contribution in [3.8, 4) is 17.2 Å². The van der Waals surface area contributed by atoms with Gasteiger partial charge in [-0.3, -0.25) is 9.36 Å². The Hall–Kier alpha value is -3.89. The molecule has 0 fully saturated rings. The van der Waals surface area contributed by atoms with Gasteiger partial charge < -0.3 is 18.8 Å². The average molecular weight is 665 g/mol. The molecular formula is C33H34BrN3O5S. The number of benzene rings is 2. The number of hydrogen-bond donors (Lipinski definition) is 0. The topological polar surface area (TPSA) is 84.0 Å². The van der Waals surface area contributed by atoms with Crippen LogP contribution in [0.1, 0.15) is 55.2 Å². The van der Waals surface area contributed by atoms with Crippen molar-refractivity contribution in [2.24, 2.45) is 4.99 Å². The van der Waals surface area contributed by atoms with E-state index in [0.29, 0.717) is 44.1 Å². The van der Waals surface area contributed by atoms with Gasteiger partial charge in [0.05, 0.1) is 36.6 Å². The van der Waals surface area contributed by atoms with E-state index in [-0.39, 0.29) is 12.2 Å². The van der Waals surface area contributed by atoms with Gasteiger partial charge in [0.1, 0.15) is 17.5 Å². The minimum absolute atomic E-state index is 0.197. The number of allylic oxidation sites excluding steroid dienone is 1. The van der Waals surface area contributed by atoms with Gasteiger partial charge in [-0.15, -0.1) is 0 Å². The first-order valence-electron chi connectivity index (χ1n) is 14.1. The van der Waals surface area contributed by atoms with E-state index >= 15 is 0 Å². The highest BCUT2D eigenvalue weighted by Gasteiger charge is 2.36.